The monoisotopic (exact) mass is 327 g/mol. The van der Waals surface area contributed by atoms with E-state index in [1.54, 1.807) is 13.0 Å². The molecule has 0 saturated heterocycles. The fourth-order valence-electron chi connectivity index (χ4n) is 1.61. The predicted octanol–water partition coefficient (Wildman–Crippen LogP) is 2.14. The fourth-order valence-corrected chi connectivity index (χ4v) is 2.10. The summed E-state index contributed by atoms with van der Waals surface area (Å²) in [6.45, 7) is 2.85. The molecule has 1 heterocycles. The molecule has 2 N–H and O–H groups in total. The number of aryl methyl sites for hydroxylation is 1. The lowest BCUT2D eigenvalue weighted by Crippen LogP contribution is -2.13. The molecule has 1 aromatic heterocycles. The third-order valence-electron chi connectivity index (χ3n) is 2.48. The van der Waals surface area contributed by atoms with Gasteiger partial charge in [-0.1, -0.05) is 5.16 Å². The number of hydrogen-bond donors (Lipinski definition) is 2. The quantitative estimate of drug-likeness (QED) is 0.875. The van der Waals surface area contributed by atoms with Crippen molar-refractivity contribution in [1.29, 1.82) is 0 Å². The van der Waals surface area contributed by atoms with Gasteiger partial charge < -0.3 is 19.7 Å². The highest BCUT2D eigenvalue weighted by atomic mass is 79.9. The van der Waals surface area contributed by atoms with Crippen molar-refractivity contribution in [2.24, 2.45) is 0 Å². The van der Waals surface area contributed by atoms with Gasteiger partial charge >= 0.3 is 0 Å². The Bertz CT molecular complexity index is 571. The highest BCUT2D eigenvalue weighted by Crippen LogP contribution is 2.35. The number of rotatable bonds is 5. The van der Waals surface area contributed by atoms with E-state index in [0.29, 0.717) is 35.0 Å². The third kappa shape index (κ3) is 3.45. The first kappa shape index (κ1) is 13.8. The van der Waals surface area contributed by atoms with Crippen molar-refractivity contribution in [3.63, 3.8) is 0 Å². The van der Waals surface area contributed by atoms with Crippen LogP contribution in [-0.4, -0.2) is 22.4 Å². The summed E-state index contributed by atoms with van der Waals surface area (Å²) in [6, 6.07) is 3.59. The Morgan fingerprint density at radius 2 is 2.21 bits per heavy atom. The van der Waals surface area contributed by atoms with Crippen LogP contribution in [0.5, 0.6) is 11.5 Å². The number of phenolic OH excluding ortho intramolecular Hbond substituents is 1. The van der Waals surface area contributed by atoms with Crippen LogP contribution in [0.15, 0.2) is 21.1 Å². The topological polar surface area (TPSA) is 80.4 Å². The molecule has 0 saturated carbocycles. The van der Waals surface area contributed by atoms with Crippen LogP contribution in [0.25, 0.3) is 0 Å². The first-order valence-electron chi connectivity index (χ1n) is 5.65. The number of methoxy groups -OCH3 is 1. The molecule has 7 heteroatoms. The number of hydrogen-bond acceptors (Lipinski definition) is 6. The first-order valence-corrected chi connectivity index (χ1v) is 6.44. The van der Waals surface area contributed by atoms with E-state index in [1.165, 1.54) is 7.11 Å². The van der Waals surface area contributed by atoms with Gasteiger partial charge in [0.25, 0.3) is 0 Å². The molecule has 0 atom stereocenters. The van der Waals surface area contributed by atoms with Crippen molar-refractivity contribution in [3.05, 3.63) is 33.9 Å². The molecule has 0 aliphatic carbocycles. The number of nitrogens with zero attached hydrogens (tertiary/aromatic N) is 2. The van der Waals surface area contributed by atoms with E-state index in [9.17, 15) is 5.11 Å². The summed E-state index contributed by atoms with van der Waals surface area (Å²) in [5.74, 6) is 1.69. The summed E-state index contributed by atoms with van der Waals surface area (Å²) < 4.78 is 10.7. The Kier molecular flexibility index (Phi) is 4.39. The third-order valence-corrected chi connectivity index (χ3v) is 3.09. The van der Waals surface area contributed by atoms with Crippen molar-refractivity contribution in [2.45, 2.75) is 20.0 Å². The zero-order valence-electron chi connectivity index (χ0n) is 10.6. The second kappa shape index (κ2) is 6.03. The van der Waals surface area contributed by atoms with Gasteiger partial charge in [-0.05, 0) is 40.5 Å². The minimum Gasteiger partial charge on any atom is -0.503 e. The van der Waals surface area contributed by atoms with Crippen LogP contribution >= 0.6 is 15.9 Å². The number of nitrogens with one attached hydrogen (secondary N) is 1. The molecule has 6 nitrogen and oxygen atoms in total. The molecule has 102 valence electrons. The highest BCUT2D eigenvalue weighted by Gasteiger charge is 2.09. The van der Waals surface area contributed by atoms with E-state index in [2.05, 4.69) is 31.4 Å². The zero-order chi connectivity index (χ0) is 13.8. The van der Waals surface area contributed by atoms with Gasteiger partial charge in [-0.15, -0.1) is 0 Å². The molecule has 0 aliphatic rings. The van der Waals surface area contributed by atoms with Gasteiger partial charge in [0.2, 0.25) is 5.89 Å². The van der Waals surface area contributed by atoms with Gasteiger partial charge in [-0.2, -0.15) is 4.98 Å². The van der Waals surface area contributed by atoms with Gasteiger partial charge in [-0.25, -0.2) is 0 Å². The maximum atomic E-state index is 9.70. The molecule has 0 aliphatic heterocycles. The van der Waals surface area contributed by atoms with E-state index in [0.717, 1.165) is 5.56 Å². The van der Waals surface area contributed by atoms with E-state index >= 15 is 0 Å². The van der Waals surface area contributed by atoms with Crippen LogP contribution in [0.2, 0.25) is 0 Å². The van der Waals surface area contributed by atoms with Crippen molar-refractivity contribution in [3.8, 4) is 11.5 Å². The molecule has 0 fully saturated rings. The standard InChI is InChI=1S/C12H14BrN3O3/c1-7-15-11(19-16-7)6-14-5-8-3-9(13)12(17)10(4-8)18-2/h3-4,14,17H,5-6H2,1-2H3. The lowest BCUT2D eigenvalue weighted by atomic mass is 10.2. The molecule has 0 bridgehead atoms. The second-order valence-electron chi connectivity index (χ2n) is 3.97. The summed E-state index contributed by atoms with van der Waals surface area (Å²) >= 11 is 3.28. The Morgan fingerprint density at radius 3 is 2.84 bits per heavy atom. The molecule has 2 rings (SSSR count). The summed E-state index contributed by atoms with van der Waals surface area (Å²) in [4.78, 5) is 4.09. The summed E-state index contributed by atoms with van der Waals surface area (Å²) in [7, 11) is 1.51. The molecule has 0 unspecified atom stereocenters. The number of aromatic hydroxyl groups is 1. The number of phenols is 1. The van der Waals surface area contributed by atoms with Gasteiger partial charge in [-0.3, -0.25) is 0 Å². The average molecular weight is 328 g/mol. The van der Waals surface area contributed by atoms with Crippen LogP contribution in [0, 0.1) is 6.92 Å². The van der Waals surface area contributed by atoms with Gasteiger partial charge in [0, 0.05) is 6.54 Å². The maximum absolute atomic E-state index is 9.70. The normalized spacial score (nSPS) is 10.7. The molecule has 0 spiro atoms. The molecular weight excluding hydrogens is 314 g/mol. The van der Waals surface area contributed by atoms with Crippen LogP contribution in [0.1, 0.15) is 17.3 Å². The van der Waals surface area contributed by atoms with E-state index < -0.39 is 0 Å². The van der Waals surface area contributed by atoms with E-state index in [1.807, 2.05) is 6.07 Å². The van der Waals surface area contributed by atoms with Crippen molar-refractivity contribution < 1.29 is 14.4 Å². The average Bonchev–Trinajstić information content (AvgIpc) is 2.79. The smallest absolute Gasteiger partial charge is 0.240 e. The van der Waals surface area contributed by atoms with Gasteiger partial charge in [0.1, 0.15) is 0 Å². The van der Waals surface area contributed by atoms with Crippen molar-refractivity contribution in [2.75, 3.05) is 7.11 Å². The molecule has 19 heavy (non-hydrogen) atoms. The van der Waals surface area contributed by atoms with Crippen LogP contribution in [0.3, 0.4) is 0 Å². The summed E-state index contributed by atoms with van der Waals surface area (Å²) in [6.07, 6.45) is 0. The van der Waals surface area contributed by atoms with Gasteiger partial charge in [0.15, 0.2) is 17.3 Å². The Morgan fingerprint density at radius 1 is 1.42 bits per heavy atom. The Labute approximate surface area is 118 Å². The van der Waals surface area contributed by atoms with Gasteiger partial charge in [0.05, 0.1) is 18.1 Å². The predicted molar refractivity (Wildman–Crippen MR) is 71.9 cm³/mol. The number of aromatic nitrogens is 2. The van der Waals surface area contributed by atoms with E-state index in [-0.39, 0.29) is 5.75 Å². The minimum atomic E-state index is 0.0961. The first-order chi connectivity index (χ1) is 9.10. The molecule has 0 amide bonds. The van der Waals surface area contributed by atoms with Crippen molar-refractivity contribution in [1.82, 2.24) is 15.5 Å². The fraction of sp³-hybridized carbons (Fsp3) is 0.333. The van der Waals surface area contributed by atoms with Crippen molar-refractivity contribution >= 4 is 15.9 Å². The largest absolute Gasteiger partial charge is 0.503 e. The molecular formula is C12H14BrN3O3. The molecule has 1 aromatic carbocycles. The number of halogens is 1. The number of benzene rings is 1. The lowest BCUT2D eigenvalue weighted by Gasteiger charge is -2.09. The zero-order valence-corrected chi connectivity index (χ0v) is 12.2. The Balaban J connectivity index is 1.98. The van der Waals surface area contributed by atoms with E-state index in [4.69, 9.17) is 9.26 Å². The summed E-state index contributed by atoms with van der Waals surface area (Å²) in [5.41, 5.74) is 0.970. The lowest BCUT2D eigenvalue weighted by molar-refractivity contribution is 0.363. The van der Waals surface area contributed by atoms with Crippen LogP contribution < -0.4 is 10.1 Å². The number of ether oxygens (including phenoxy) is 1. The second-order valence-corrected chi connectivity index (χ2v) is 4.82. The highest BCUT2D eigenvalue weighted by molar-refractivity contribution is 9.10. The van der Waals surface area contributed by atoms with Crippen LogP contribution in [0.4, 0.5) is 0 Å². The van der Waals surface area contributed by atoms with Crippen LogP contribution in [-0.2, 0) is 13.1 Å². The molecule has 0 radical (unpaired) electrons. The molecule has 2 aromatic rings. The SMILES string of the molecule is COc1cc(CNCc2nc(C)no2)cc(Br)c1O. The minimum absolute atomic E-state index is 0.0961. The summed E-state index contributed by atoms with van der Waals surface area (Å²) in [5, 5.41) is 16.6. The maximum Gasteiger partial charge on any atom is 0.240 e. The Hall–Kier alpha value is -1.60.